The van der Waals surface area contributed by atoms with Crippen molar-refractivity contribution in [2.45, 2.75) is 9.79 Å². The van der Waals surface area contributed by atoms with Gasteiger partial charge in [0.1, 0.15) is 0 Å². The predicted octanol–water partition coefficient (Wildman–Crippen LogP) is 3.21. The second-order valence-electron chi connectivity index (χ2n) is 3.88. The fourth-order valence-electron chi connectivity index (χ4n) is 1.59. The van der Waals surface area contributed by atoms with Gasteiger partial charge >= 0.3 is 0 Å². The average molecular weight is 406 g/mol. The zero-order chi connectivity index (χ0) is 14.2. The molecule has 0 saturated carbocycles. The van der Waals surface area contributed by atoms with Gasteiger partial charge in [0.25, 0.3) is 0 Å². The molecule has 19 heavy (non-hydrogen) atoms. The first-order valence-electron chi connectivity index (χ1n) is 5.17. The summed E-state index contributed by atoms with van der Waals surface area (Å²) in [5.74, 6) is 0. The van der Waals surface area contributed by atoms with Crippen LogP contribution in [-0.4, -0.2) is 8.42 Å². The van der Waals surface area contributed by atoms with Crippen molar-refractivity contribution in [3.63, 3.8) is 0 Å². The first kappa shape index (κ1) is 14.4. The van der Waals surface area contributed by atoms with Crippen molar-refractivity contribution in [3.8, 4) is 0 Å². The molecule has 0 unspecified atom stereocenters. The highest BCUT2D eigenvalue weighted by Gasteiger charge is 2.23. The minimum atomic E-state index is -3.64. The molecule has 0 amide bonds. The molecule has 2 rings (SSSR count). The molecule has 0 spiro atoms. The van der Waals surface area contributed by atoms with Crippen molar-refractivity contribution in [2.75, 3.05) is 11.5 Å². The molecule has 0 atom stereocenters. The van der Waals surface area contributed by atoms with Gasteiger partial charge in [0.2, 0.25) is 9.84 Å². The van der Waals surface area contributed by atoms with Crippen LogP contribution < -0.4 is 11.5 Å². The molecule has 4 nitrogen and oxygen atoms in total. The van der Waals surface area contributed by atoms with E-state index >= 15 is 0 Å². The maximum absolute atomic E-state index is 12.6. The smallest absolute Gasteiger partial charge is 0.208 e. The second-order valence-corrected chi connectivity index (χ2v) is 7.48. The summed E-state index contributed by atoms with van der Waals surface area (Å²) in [6, 6.07) is 9.14. The summed E-state index contributed by atoms with van der Waals surface area (Å²) in [7, 11) is -3.64. The van der Waals surface area contributed by atoms with Gasteiger partial charge in [-0.1, -0.05) is 0 Å². The van der Waals surface area contributed by atoms with Gasteiger partial charge in [-0.15, -0.1) is 0 Å². The van der Waals surface area contributed by atoms with Crippen LogP contribution in [0.5, 0.6) is 0 Å². The minimum Gasteiger partial charge on any atom is -0.399 e. The van der Waals surface area contributed by atoms with E-state index in [9.17, 15) is 8.42 Å². The highest BCUT2D eigenvalue weighted by molar-refractivity contribution is 9.11. The number of halogens is 2. The molecule has 4 N–H and O–H groups in total. The van der Waals surface area contributed by atoms with Crippen LogP contribution in [0.25, 0.3) is 0 Å². The van der Waals surface area contributed by atoms with Crippen molar-refractivity contribution in [3.05, 3.63) is 45.3 Å². The van der Waals surface area contributed by atoms with Gasteiger partial charge in [-0.25, -0.2) is 8.42 Å². The van der Waals surface area contributed by atoms with Gasteiger partial charge in [0.15, 0.2) is 0 Å². The van der Waals surface area contributed by atoms with Crippen LogP contribution >= 0.6 is 31.9 Å². The maximum Gasteiger partial charge on any atom is 0.208 e. The first-order chi connectivity index (χ1) is 8.82. The monoisotopic (exact) mass is 404 g/mol. The van der Waals surface area contributed by atoms with Crippen LogP contribution in [0.3, 0.4) is 0 Å². The molecule has 0 aliphatic heterocycles. The van der Waals surface area contributed by atoms with E-state index in [2.05, 4.69) is 31.9 Å². The Bertz CT molecular complexity index is 688. The zero-order valence-corrected chi connectivity index (χ0v) is 13.6. The Hall–Kier alpha value is -1.05. The Kier molecular flexibility index (Phi) is 3.89. The Morgan fingerprint density at radius 3 is 1.47 bits per heavy atom. The van der Waals surface area contributed by atoms with Crippen molar-refractivity contribution >= 4 is 53.1 Å². The fourth-order valence-corrected chi connectivity index (χ4v) is 5.02. The van der Waals surface area contributed by atoms with Crippen molar-refractivity contribution in [1.82, 2.24) is 0 Å². The molecule has 0 fully saturated rings. The number of hydrogen-bond acceptors (Lipinski definition) is 4. The van der Waals surface area contributed by atoms with Gasteiger partial charge < -0.3 is 11.5 Å². The number of benzene rings is 2. The van der Waals surface area contributed by atoms with E-state index in [0.717, 1.165) is 0 Å². The lowest BCUT2D eigenvalue weighted by Crippen LogP contribution is -2.05. The molecule has 0 aliphatic carbocycles. The van der Waals surface area contributed by atoms with Crippen LogP contribution in [0.1, 0.15) is 0 Å². The van der Waals surface area contributed by atoms with E-state index in [1.165, 1.54) is 12.1 Å². The van der Waals surface area contributed by atoms with E-state index in [1.54, 1.807) is 24.3 Å². The summed E-state index contributed by atoms with van der Waals surface area (Å²) in [5.41, 5.74) is 12.2. The molecular weight excluding hydrogens is 396 g/mol. The molecular formula is C12H10Br2N2O2S. The lowest BCUT2D eigenvalue weighted by atomic mass is 10.3. The van der Waals surface area contributed by atoms with Crippen LogP contribution in [0.2, 0.25) is 0 Å². The zero-order valence-electron chi connectivity index (χ0n) is 9.60. The third kappa shape index (κ3) is 2.77. The molecule has 2 aromatic carbocycles. The van der Waals surface area contributed by atoms with E-state index in [0.29, 0.717) is 20.3 Å². The molecule has 2 aromatic rings. The maximum atomic E-state index is 12.6. The van der Waals surface area contributed by atoms with Crippen molar-refractivity contribution in [2.24, 2.45) is 0 Å². The topological polar surface area (TPSA) is 86.2 Å². The molecule has 0 heterocycles. The molecule has 0 radical (unpaired) electrons. The highest BCUT2D eigenvalue weighted by atomic mass is 79.9. The number of hydrogen-bond donors (Lipinski definition) is 2. The van der Waals surface area contributed by atoms with Crippen LogP contribution in [-0.2, 0) is 9.84 Å². The van der Waals surface area contributed by atoms with Gasteiger partial charge in [-0.2, -0.15) is 0 Å². The third-order valence-corrected chi connectivity index (χ3v) is 6.20. The number of rotatable bonds is 2. The first-order valence-corrected chi connectivity index (χ1v) is 8.24. The summed E-state index contributed by atoms with van der Waals surface area (Å²) in [6.45, 7) is 0. The predicted molar refractivity (Wildman–Crippen MR) is 82.6 cm³/mol. The Morgan fingerprint density at radius 1 is 0.789 bits per heavy atom. The number of nitrogens with two attached hydrogens (primary N) is 2. The van der Waals surface area contributed by atoms with Gasteiger partial charge in [-0.05, 0) is 68.3 Å². The van der Waals surface area contributed by atoms with Crippen LogP contribution in [0, 0.1) is 0 Å². The van der Waals surface area contributed by atoms with Crippen molar-refractivity contribution < 1.29 is 8.42 Å². The molecule has 0 aliphatic rings. The minimum absolute atomic E-state index is 0.159. The Labute approximate surface area is 128 Å². The Balaban J connectivity index is 2.65. The summed E-state index contributed by atoms with van der Waals surface area (Å²) in [5, 5.41) is 0. The van der Waals surface area contributed by atoms with E-state index in [4.69, 9.17) is 11.5 Å². The highest BCUT2D eigenvalue weighted by Crippen LogP contribution is 2.33. The summed E-state index contributed by atoms with van der Waals surface area (Å²) >= 11 is 6.44. The second kappa shape index (κ2) is 5.15. The summed E-state index contributed by atoms with van der Waals surface area (Å²) in [6.07, 6.45) is 0. The molecule has 7 heteroatoms. The normalized spacial score (nSPS) is 11.5. The lowest BCUT2D eigenvalue weighted by Gasteiger charge is -2.09. The largest absolute Gasteiger partial charge is 0.399 e. The van der Waals surface area contributed by atoms with E-state index in [-0.39, 0.29) is 9.79 Å². The quantitative estimate of drug-likeness (QED) is 0.751. The van der Waals surface area contributed by atoms with Crippen LogP contribution in [0.4, 0.5) is 11.4 Å². The van der Waals surface area contributed by atoms with E-state index < -0.39 is 9.84 Å². The van der Waals surface area contributed by atoms with Gasteiger partial charge in [-0.3, -0.25) is 0 Å². The van der Waals surface area contributed by atoms with Gasteiger partial charge in [0.05, 0.1) is 9.79 Å². The number of sulfone groups is 1. The Morgan fingerprint density at radius 2 is 1.16 bits per heavy atom. The van der Waals surface area contributed by atoms with E-state index in [1.807, 2.05) is 0 Å². The SMILES string of the molecule is Nc1ccc(S(=O)(=O)c2ccc(N)cc2Br)c(Br)c1. The standard InChI is InChI=1S/C12H10Br2N2O2S/c13-9-5-7(15)1-3-11(9)19(17,18)12-4-2-8(16)6-10(12)14/h1-6H,15-16H2. The van der Waals surface area contributed by atoms with Crippen molar-refractivity contribution in [1.29, 1.82) is 0 Å². The fraction of sp³-hybridized carbons (Fsp3) is 0. The number of anilines is 2. The third-order valence-electron chi connectivity index (χ3n) is 2.49. The number of nitrogen functional groups attached to an aromatic ring is 2. The molecule has 100 valence electrons. The molecule has 0 saturated heterocycles. The van der Waals surface area contributed by atoms with Gasteiger partial charge in [0, 0.05) is 20.3 Å². The van der Waals surface area contributed by atoms with Crippen LogP contribution in [0.15, 0.2) is 55.1 Å². The lowest BCUT2D eigenvalue weighted by molar-refractivity contribution is 0.595. The summed E-state index contributed by atoms with van der Waals surface area (Å²) < 4.78 is 26.0. The molecule has 0 aromatic heterocycles. The summed E-state index contributed by atoms with van der Waals surface area (Å²) in [4.78, 5) is 0.319. The average Bonchev–Trinajstić information content (AvgIpc) is 2.27. The molecule has 0 bridgehead atoms.